The molecule has 0 bridgehead atoms. The lowest BCUT2D eigenvalue weighted by Crippen LogP contribution is -2.40. The van der Waals surface area contributed by atoms with Crippen LogP contribution in [0.4, 0.5) is 10.5 Å². The topological polar surface area (TPSA) is 67.3 Å². The summed E-state index contributed by atoms with van der Waals surface area (Å²) in [6.45, 7) is 6.87. The normalized spacial score (nSPS) is 18.7. The summed E-state index contributed by atoms with van der Waals surface area (Å²) in [5.41, 5.74) is 0.221. The van der Waals surface area contributed by atoms with Crippen LogP contribution in [0, 0.1) is 0 Å². The maximum atomic E-state index is 11.8. The molecule has 1 unspecified atom stereocenters. The first kappa shape index (κ1) is 16.1. The lowest BCUT2D eigenvalue weighted by molar-refractivity contribution is 0.0509. The lowest BCUT2D eigenvalue weighted by Gasteiger charge is -2.22. The summed E-state index contributed by atoms with van der Waals surface area (Å²) in [5, 5.41) is 10.9. The first-order chi connectivity index (χ1) is 9.76. The second-order valence-corrected chi connectivity index (χ2v) is 6.65. The number of nitrogens with one attached hydrogen (secondary N) is 1. The second kappa shape index (κ2) is 6.23. The van der Waals surface area contributed by atoms with E-state index in [2.05, 4.69) is 15.5 Å². The highest BCUT2D eigenvalue weighted by molar-refractivity contribution is 6.42. The zero-order valence-corrected chi connectivity index (χ0v) is 13.7. The van der Waals surface area contributed by atoms with Crippen LogP contribution in [0.25, 0.3) is 0 Å². The number of alkyl carbamates (subject to hydrolysis) is 1. The largest absolute Gasteiger partial charge is 0.444 e. The van der Waals surface area contributed by atoms with Crippen LogP contribution in [-0.4, -0.2) is 41.0 Å². The summed E-state index contributed by atoms with van der Waals surface area (Å²) in [4.78, 5) is 13.8. The van der Waals surface area contributed by atoms with Crippen LogP contribution in [0.5, 0.6) is 0 Å². The van der Waals surface area contributed by atoms with Gasteiger partial charge in [0.1, 0.15) is 10.6 Å². The highest BCUT2D eigenvalue weighted by Gasteiger charge is 2.28. The van der Waals surface area contributed by atoms with Crippen LogP contribution in [0.2, 0.25) is 10.2 Å². The predicted octanol–water partition coefficient (Wildman–Crippen LogP) is 2.89. The minimum Gasteiger partial charge on any atom is -0.444 e. The third-order valence-electron chi connectivity index (χ3n) is 2.98. The molecule has 1 aliphatic rings. The maximum absolute atomic E-state index is 11.8. The highest BCUT2D eigenvalue weighted by atomic mass is 35.5. The number of rotatable bonds is 2. The molecule has 1 N–H and O–H groups in total. The van der Waals surface area contributed by atoms with Crippen molar-refractivity contribution < 1.29 is 9.53 Å². The van der Waals surface area contributed by atoms with Crippen LogP contribution < -0.4 is 10.2 Å². The number of hydrogen-bond acceptors (Lipinski definition) is 5. The van der Waals surface area contributed by atoms with Crippen LogP contribution in [0.15, 0.2) is 6.20 Å². The SMILES string of the molecule is CC(C)(C)OC(=O)NC1CCN(c2cnnc(Cl)c2Cl)C1. The molecule has 0 radical (unpaired) electrons. The molecule has 1 fully saturated rings. The number of aromatic nitrogens is 2. The van der Waals surface area contributed by atoms with Gasteiger partial charge < -0.3 is 15.0 Å². The van der Waals surface area contributed by atoms with Gasteiger partial charge in [-0.1, -0.05) is 23.2 Å². The summed E-state index contributed by atoms with van der Waals surface area (Å²) in [6, 6.07) is 0.00265. The summed E-state index contributed by atoms with van der Waals surface area (Å²) >= 11 is 12.0. The molecule has 8 heteroatoms. The zero-order valence-electron chi connectivity index (χ0n) is 12.2. The molecule has 0 saturated carbocycles. The number of carbonyl (C=O) groups is 1. The Bertz CT molecular complexity index is 533. The van der Waals surface area contributed by atoms with E-state index in [1.807, 2.05) is 25.7 Å². The van der Waals surface area contributed by atoms with Gasteiger partial charge in [-0.25, -0.2) is 4.79 Å². The molecule has 1 atom stereocenters. The summed E-state index contributed by atoms with van der Waals surface area (Å²) in [5.74, 6) is 0. The molecule has 1 aliphatic heterocycles. The molecule has 1 amide bonds. The van der Waals surface area contributed by atoms with E-state index < -0.39 is 11.7 Å². The van der Waals surface area contributed by atoms with Gasteiger partial charge in [0.05, 0.1) is 17.9 Å². The van der Waals surface area contributed by atoms with Gasteiger partial charge in [0.2, 0.25) is 0 Å². The maximum Gasteiger partial charge on any atom is 0.407 e. The van der Waals surface area contributed by atoms with Crippen LogP contribution >= 0.6 is 23.2 Å². The monoisotopic (exact) mass is 332 g/mol. The fourth-order valence-electron chi connectivity index (χ4n) is 2.13. The Hall–Kier alpha value is -1.27. The summed E-state index contributed by atoms with van der Waals surface area (Å²) in [6.07, 6.45) is 1.96. The number of nitrogens with zero attached hydrogens (tertiary/aromatic N) is 3. The third-order valence-corrected chi connectivity index (χ3v) is 3.72. The van der Waals surface area contributed by atoms with Crippen LogP contribution in [0.3, 0.4) is 0 Å². The van der Waals surface area contributed by atoms with Gasteiger partial charge in [-0.15, -0.1) is 5.10 Å². The molecule has 0 spiro atoms. The molecule has 2 rings (SSSR count). The highest BCUT2D eigenvalue weighted by Crippen LogP contribution is 2.31. The van der Waals surface area contributed by atoms with Gasteiger partial charge in [0, 0.05) is 13.1 Å². The molecule has 6 nitrogen and oxygen atoms in total. The van der Waals surface area contributed by atoms with E-state index in [1.165, 1.54) is 0 Å². The molecule has 0 aromatic carbocycles. The molecular formula is C13H18Cl2N4O2. The number of halogens is 2. The fraction of sp³-hybridized carbons (Fsp3) is 0.615. The molecule has 21 heavy (non-hydrogen) atoms. The Morgan fingerprint density at radius 3 is 2.86 bits per heavy atom. The van der Waals surface area contributed by atoms with Crippen molar-refractivity contribution in [1.29, 1.82) is 0 Å². The van der Waals surface area contributed by atoms with Gasteiger partial charge in [-0.3, -0.25) is 0 Å². The van der Waals surface area contributed by atoms with Gasteiger partial charge in [-0.2, -0.15) is 5.10 Å². The van der Waals surface area contributed by atoms with E-state index in [0.29, 0.717) is 11.6 Å². The number of carbonyl (C=O) groups excluding carboxylic acids is 1. The van der Waals surface area contributed by atoms with Crippen molar-refractivity contribution in [2.75, 3.05) is 18.0 Å². The van der Waals surface area contributed by atoms with E-state index in [0.717, 1.165) is 18.7 Å². The fourth-order valence-corrected chi connectivity index (χ4v) is 2.48. The van der Waals surface area contributed by atoms with E-state index in [1.54, 1.807) is 6.20 Å². The lowest BCUT2D eigenvalue weighted by atomic mass is 10.2. The van der Waals surface area contributed by atoms with Crippen molar-refractivity contribution in [3.05, 3.63) is 16.4 Å². The molecule has 1 aromatic rings. The van der Waals surface area contributed by atoms with Crippen LogP contribution in [0.1, 0.15) is 27.2 Å². The van der Waals surface area contributed by atoms with Gasteiger partial charge in [0.25, 0.3) is 0 Å². The van der Waals surface area contributed by atoms with Crippen molar-refractivity contribution in [2.24, 2.45) is 0 Å². The number of ether oxygens (including phenoxy) is 1. The van der Waals surface area contributed by atoms with E-state index >= 15 is 0 Å². The average molecular weight is 333 g/mol. The minimum absolute atomic E-state index is 0.00265. The van der Waals surface area contributed by atoms with Crippen LogP contribution in [-0.2, 0) is 4.74 Å². The standard InChI is InChI=1S/C13H18Cl2N4O2/c1-13(2,3)21-12(20)17-8-4-5-19(7-8)9-6-16-18-11(15)10(9)14/h6,8H,4-5,7H2,1-3H3,(H,17,20). The first-order valence-electron chi connectivity index (χ1n) is 6.67. The molecule has 2 heterocycles. The zero-order chi connectivity index (χ0) is 15.6. The Morgan fingerprint density at radius 1 is 1.48 bits per heavy atom. The van der Waals surface area contributed by atoms with Crippen molar-refractivity contribution in [3.8, 4) is 0 Å². The first-order valence-corrected chi connectivity index (χ1v) is 7.43. The van der Waals surface area contributed by atoms with Crippen molar-refractivity contribution in [2.45, 2.75) is 38.8 Å². The molecule has 116 valence electrons. The van der Waals surface area contributed by atoms with E-state index in [4.69, 9.17) is 27.9 Å². The smallest absolute Gasteiger partial charge is 0.407 e. The number of hydrogen-bond donors (Lipinski definition) is 1. The Kier molecular flexibility index (Phi) is 4.78. The molecule has 0 aliphatic carbocycles. The summed E-state index contributed by atoms with van der Waals surface area (Å²) in [7, 11) is 0. The minimum atomic E-state index is -0.506. The van der Waals surface area contributed by atoms with Crippen molar-refractivity contribution in [3.63, 3.8) is 0 Å². The predicted molar refractivity (Wildman–Crippen MR) is 82.0 cm³/mol. The average Bonchev–Trinajstić information content (AvgIpc) is 2.78. The van der Waals surface area contributed by atoms with Crippen molar-refractivity contribution >= 4 is 35.0 Å². The van der Waals surface area contributed by atoms with E-state index in [9.17, 15) is 4.79 Å². The molecule has 1 aromatic heterocycles. The molecular weight excluding hydrogens is 315 g/mol. The van der Waals surface area contributed by atoms with Crippen molar-refractivity contribution in [1.82, 2.24) is 15.5 Å². The summed E-state index contributed by atoms with van der Waals surface area (Å²) < 4.78 is 5.25. The van der Waals surface area contributed by atoms with Gasteiger partial charge >= 0.3 is 6.09 Å². The Labute approximate surface area is 133 Å². The number of anilines is 1. The molecule has 1 saturated heterocycles. The number of amides is 1. The Balaban J connectivity index is 1.95. The quantitative estimate of drug-likeness (QED) is 0.901. The van der Waals surface area contributed by atoms with E-state index in [-0.39, 0.29) is 11.2 Å². The third kappa shape index (κ3) is 4.35. The van der Waals surface area contributed by atoms with Gasteiger partial charge in [0.15, 0.2) is 5.15 Å². The van der Waals surface area contributed by atoms with Gasteiger partial charge in [-0.05, 0) is 27.2 Å². The second-order valence-electron chi connectivity index (χ2n) is 5.91. The Morgan fingerprint density at radius 2 is 2.19 bits per heavy atom.